The molecule has 2 heterocycles. The maximum absolute atomic E-state index is 12.4. The number of aliphatic carboxylic acids is 1. The van der Waals surface area contributed by atoms with Crippen molar-refractivity contribution in [1.29, 1.82) is 0 Å². The molecule has 1 N–H and O–H groups in total. The van der Waals surface area contributed by atoms with E-state index in [0.717, 1.165) is 12.3 Å². The summed E-state index contributed by atoms with van der Waals surface area (Å²) < 4.78 is 91.3. The zero-order valence-electron chi connectivity index (χ0n) is 16.4. The Hall–Kier alpha value is -2.20. The van der Waals surface area contributed by atoms with Crippen molar-refractivity contribution < 1.29 is 54.3 Å². The number of rotatable bonds is 5. The van der Waals surface area contributed by atoms with Crippen LogP contribution in [0.4, 0.5) is 26.3 Å². The summed E-state index contributed by atoms with van der Waals surface area (Å²) in [6.07, 6.45) is -8.89. The number of thiophene rings is 1. The van der Waals surface area contributed by atoms with E-state index in [9.17, 15) is 44.3 Å². The van der Waals surface area contributed by atoms with Gasteiger partial charge in [-0.3, -0.25) is 14.5 Å². The van der Waals surface area contributed by atoms with E-state index in [2.05, 4.69) is 0 Å². The van der Waals surface area contributed by atoms with Crippen LogP contribution < -0.4 is 0 Å². The van der Waals surface area contributed by atoms with Crippen LogP contribution in [0.25, 0.3) is 0 Å². The Labute approximate surface area is 182 Å². The van der Waals surface area contributed by atoms with Gasteiger partial charge in [0.15, 0.2) is 0 Å². The van der Waals surface area contributed by atoms with Gasteiger partial charge in [0.2, 0.25) is 0 Å². The van der Waals surface area contributed by atoms with Crippen LogP contribution in [0.1, 0.15) is 19.3 Å². The summed E-state index contributed by atoms with van der Waals surface area (Å²) in [6, 6.07) is 2.23. The van der Waals surface area contributed by atoms with Crippen molar-refractivity contribution in [2.75, 3.05) is 44.7 Å². The summed E-state index contributed by atoms with van der Waals surface area (Å²) in [5.74, 6) is -5.10. The van der Waals surface area contributed by atoms with Crippen molar-refractivity contribution in [3.05, 3.63) is 21.9 Å². The maximum Gasteiger partial charge on any atom is 0.490 e. The fourth-order valence-electron chi connectivity index (χ4n) is 2.34. The van der Waals surface area contributed by atoms with Gasteiger partial charge in [0, 0.05) is 39.0 Å². The molecule has 1 aromatic heterocycles. The third-order valence-corrected chi connectivity index (χ3v) is 5.97. The Bertz CT molecular complexity index is 934. The van der Waals surface area contributed by atoms with Crippen molar-refractivity contribution in [1.82, 2.24) is 9.80 Å². The third-order valence-electron chi connectivity index (χ3n) is 3.98. The summed E-state index contributed by atoms with van der Waals surface area (Å²) in [7, 11) is -3.06. The molecule has 0 spiro atoms. The predicted octanol–water partition coefficient (Wildman–Crippen LogP) is 1.93. The van der Waals surface area contributed by atoms with Gasteiger partial charge in [-0.25, -0.2) is 13.2 Å². The van der Waals surface area contributed by atoms with Gasteiger partial charge >= 0.3 is 18.3 Å². The standard InChI is InChI=1S/C14H17F3N2O4S2.C2HF3O2/c1-25(22,23)9-8-18-4-6-19(7-5-18)13(21)11-3-2-10(24-11)12(20)14(15,16)17;3-2(4,5)1(6)7/h2-3H,4-9H2,1H3;(H,6,7). The lowest BCUT2D eigenvalue weighted by Crippen LogP contribution is -2.49. The minimum absolute atomic E-state index is 0.0365. The maximum atomic E-state index is 12.4. The van der Waals surface area contributed by atoms with Crippen LogP contribution in [-0.2, 0) is 14.6 Å². The lowest BCUT2D eigenvalue weighted by atomic mass is 10.3. The topological polar surface area (TPSA) is 112 Å². The van der Waals surface area contributed by atoms with Crippen LogP contribution in [0.5, 0.6) is 0 Å². The number of nitrogens with zero attached hydrogens (tertiary/aromatic N) is 2. The van der Waals surface area contributed by atoms with Crippen LogP contribution in [0.15, 0.2) is 12.1 Å². The van der Waals surface area contributed by atoms with E-state index >= 15 is 0 Å². The van der Waals surface area contributed by atoms with E-state index < -0.39 is 44.7 Å². The molecule has 0 atom stereocenters. The minimum atomic E-state index is -5.08. The zero-order valence-corrected chi connectivity index (χ0v) is 18.0. The molecule has 2 rings (SSSR count). The van der Waals surface area contributed by atoms with Gasteiger partial charge in [-0.05, 0) is 12.1 Å². The van der Waals surface area contributed by atoms with Crippen LogP contribution in [0, 0.1) is 0 Å². The number of carbonyl (C=O) groups is 3. The number of amides is 1. The van der Waals surface area contributed by atoms with Crippen molar-refractivity contribution in [3.63, 3.8) is 0 Å². The first-order valence-corrected chi connectivity index (χ1v) is 11.5. The highest BCUT2D eigenvalue weighted by Crippen LogP contribution is 2.27. The number of sulfone groups is 1. The first-order chi connectivity index (χ1) is 14.4. The number of halogens is 6. The van der Waals surface area contributed by atoms with Gasteiger partial charge < -0.3 is 10.0 Å². The molecule has 1 amide bonds. The van der Waals surface area contributed by atoms with Crippen molar-refractivity contribution in [2.45, 2.75) is 12.4 Å². The van der Waals surface area contributed by atoms with Gasteiger partial charge in [-0.2, -0.15) is 26.3 Å². The summed E-state index contributed by atoms with van der Waals surface area (Å²) in [5.41, 5.74) is 0. The van der Waals surface area contributed by atoms with Gasteiger partial charge in [0.05, 0.1) is 15.5 Å². The average molecular weight is 512 g/mol. The third kappa shape index (κ3) is 9.12. The molecule has 0 radical (unpaired) electrons. The second-order valence-corrected chi connectivity index (χ2v) is 9.90. The van der Waals surface area contributed by atoms with Gasteiger partial charge in [-0.1, -0.05) is 0 Å². The summed E-state index contributed by atoms with van der Waals surface area (Å²) in [6.45, 7) is 2.05. The first kappa shape index (κ1) is 27.8. The molecule has 1 aromatic rings. The molecular weight excluding hydrogens is 494 g/mol. The number of carboxylic acid groups (broad SMARTS) is 1. The minimum Gasteiger partial charge on any atom is -0.475 e. The fraction of sp³-hybridized carbons (Fsp3) is 0.562. The van der Waals surface area contributed by atoms with E-state index in [-0.39, 0.29) is 10.6 Å². The van der Waals surface area contributed by atoms with Crippen molar-refractivity contribution in [3.8, 4) is 0 Å². The largest absolute Gasteiger partial charge is 0.490 e. The summed E-state index contributed by atoms with van der Waals surface area (Å²) in [4.78, 5) is 35.4. The number of carbonyl (C=O) groups excluding carboxylic acids is 2. The number of ketones is 1. The molecule has 8 nitrogen and oxygen atoms in total. The lowest BCUT2D eigenvalue weighted by molar-refractivity contribution is -0.192. The van der Waals surface area contributed by atoms with E-state index in [0.29, 0.717) is 44.1 Å². The Kier molecular flexibility index (Phi) is 9.23. The predicted molar refractivity (Wildman–Crippen MR) is 100 cm³/mol. The van der Waals surface area contributed by atoms with Crippen LogP contribution in [0.2, 0.25) is 0 Å². The highest BCUT2D eigenvalue weighted by Gasteiger charge is 2.40. The monoisotopic (exact) mass is 512 g/mol. The second kappa shape index (κ2) is 10.6. The Morgan fingerprint density at radius 2 is 1.44 bits per heavy atom. The number of piperazine rings is 1. The number of hydrogen-bond donors (Lipinski definition) is 1. The van der Waals surface area contributed by atoms with Crippen LogP contribution in [0.3, 0.4) is 0 Å². The molecule has 1 fully saturated rings. The van der Waals surface area contributed by atoms with E-state index in [1.165, 1.54) is 11.0 Å². The number of hydrogen-bond acceptors (Lipinski definition) is 7. The molecule has 0 aromatic carbocycles. The Morgan fingerprint density at radius 3 is 1.84 bits per heavy atom. The van der Waals surface area contributed by atoms with E-state index in [1.54, 1.807) is 0 Å². The molecular formula is C16H18F6N2O6S2. The zero-order chi connectivity index (χ0) is 24.9. The SMILES string of the molecule is CS(=O)(=O)CCN1CCN(C(=O)c2ccc(C(=O)C(F)(F)F)s2)CC1.O=C(O)C(F)(F)F. The van der Waals surface area contributed by atoms with E-state index in [4.69, 9.17) is 9.90 Å². The quantitative estimate of drug-likeness (QED) is 0.474. The molecule has 32 heavy (non-hydrogen) atoms. The Morgan fingerprint density at radius 1 is 0.969 bits per heavy atom. The van der Waals surface area contributed by atoms with Gasteiger partial charge in [0.1, 0.15) is 9.84 Å². The smallest absolute Gasteiger partial charge is 0.475 e. The molecule has 0 saturated carbocycles. The number of alkyl halides is 6. The van der Waals surface area contributed by atoms with Crippen LogP contribution >= 0.6 is 11.3 Å². The highest BCUT2D eigenvalue weighted by molar-refractivity contribution is 7.90. The average Bonchev–Trinajstić information content (AvgIpc) is 3.14. The van der Waals surface area contributed by atoms with Gasteiger partial charge in [0.25, 0.3) is 11.7 Å². The van der Waals surface area contributed by atoms with Gasteiger partial charge in [-0.15, -0.1) is 11.3 Å². The molecule has 16 heteroatoms. The van der Waals surface area contributed by atoms with Crippen molar-refractivity contribution in [2.24, 2.45) is 0 Å². The molecule has 0 bridgehead atoms. The van der Waals surface area contributed by atoms with E-state index in [1.807, 2.05) is 4.90 Å². The second-order valence-electron chi connectivity index (χ2n) is 6.56. The first-order valence-electron chi connectivity index (χ1n) is 8.62. The molecule has 1 saturated heterocycles. The molecule has 1 aliphatic rings. The van der Waals surface area contributed by atoms with Crippen LogP contribution in [-0.4, -0.2) is 98.1 Å². The molecule has 182 valence electrons. The normalized spacial score (nSPS) is 15.7. The fourth-order valence-corrected chi connectivity index (χ4v) is 3.86. The molecule has 0 aliphatic carbocycles. The lowest BCUT2D eigenvalue weighted by Gasteiger charge is -2.34. The van der Waals surface area contributed by atoms with Crippen molar-refractivity contribution >= 4 is 38.8 Å². The Balaban J connectivity index is 0.000000633. The summed E-state index contributed by atoms with van der Waals surface area (Å²) >= 11 is 0.530. The summed E-state index contributed by atoms with van der Waals surface area (Å²) in [5, 5.41) is 7.12. The molecule has 1 aliphatic heterocycles. The molecule has 0 unspecified atom stereocenters. The number of carboxylic acids is 1. The highest BCUT2D eigenvalue weighted by atomic mass is 32.2. The number of Topliss-reactive ketones (excluding diaryl/α,β-unsaturated/α-hetero) is 1.